The smallest absolute Gasteiger partial charge is 0.150 e. The molecule has 0 unspecified atom stereocenters. The Hall–Kier alpha value is -1.94. The lowest BCUT2D eigenvalue weighted by Gasteiger charge is -2.03. The van der Waals surface area contributed by atoms with Crippen LogP contribution >= 0.6 is 11.3 Å². The lowest BCUT2D eigenvalue weighted by atomic mass is 10.0. The molecule has 1 aliphatic heterocycles. The summed E-state index contributed by atoms with van der Waals surface area (Å²) < 4.78 is 0. The molecule has 0 saturated heterocycles. The van der Waals surface area contributed by atoms with Gasteiger partial charge in [-0.1, -0.05) is 0 Å². The van der Waals surface area contributed by atoms with E-state index in [1.54, 1.807) is 17.4 Å². The van der Waals surface area contributed by atoms with Crippen LogP contribution in [-0.4, -0.2) is 12.1 Å². The Labute approximate surface area is 103 Å². The molecular weight excluding hydrogens is 232 g/mol. The average molecular weight is 242 g/mol. The van der Waals surface area contributed by atoms with E-state index >= 15 is 0 Å². The minimum absolute atomic E-state index is 0.563. The van der Waals surface area contributed by atoms with Gasteiger partial charge >= 0.3 is 0 Å². The second-order valence-electron chi connectivity index (χ2n) is 3.95. The lowest BCUT2D eigenvalue weighted by Crippen LogP contribution is -2.11. The molecule has 4 heteroatoms. The summed E-state index contributed by atoms with van der Waals surface area (Å²) in [6.45, 7) is 0. The Bertz CT molecular complexity index is 628. The van der Waals surface area contributed by atoms with E-state index in [1.165, 1.54) is 5.56 Å². The number of benzene rings is 1. The lowest BCUT2D eigenvalue weighted by molar-refractivity contribution is 0.112. The van der Waals surface area contributed by atoms with Gasteiger partial charge in [-0.15, -0.1) is 11.3 Å². The second kappa shape index (κ2) is 3.82. The van der Waals surface area contributed by atoms with Crippen LogP contribution in [0.15, 0.2) is 34.6 Å². The van der Waals surface area contributed by atoms with Crippen LogP contribution in [-0.2, 0) is 6.42 Å². The van der Waals surface area contributed by atoms with Crippen molar-refractivity contribution in [1.29, 1.82) is 0 Å². The first-order valence-corrected chi connectivity index (χ1v) is 6.15. The summed E-state index contributed by atoms with van der Waals surface area (Å²) in [5.74, 6) is 0.563. The number of thiophene rings is 1. The van der Waals surface area contributed by atoms with Crippen LogP contribution < -0.4 is 5.73 Å². The molecule has 0 amide bonds. The van der Waals surface area contributed by atoms with Crippen molar-refractivity contribution in [3.8, 4) is 0 Å². The van der Waals surface area contributed by atoms with Gasteiger partial charge in [0, 0.05) is 12.0 Å². The van der Waals surface area contributed by atoms with Crippen LogP contribution in [0.1, 0.15) is 26.4 Å². The van der Waals surface area contributed by atoms with Crippen molar-refractivity contribution in [1.82, 2.24) is 0 Å². The van der Waals surface area contributed by atoms with Gasteiger partial charge in [0.25, 0.3) is 0 Å². The van der Waals surface area contributed by atoms with Crippen molar-refractivity contribution in [2.75, 3.05) is 0 Å². The van der Waals surface area contributed by atoms with Crippen LogP contribution in [0.5, 0.6) is 0 Å². The van der Waals surface area contributed by atoms with Crippen molar-refractivity contribution < 1.29 is 4.79 Å². The predicted molar refractivity (Wildman–Crippen MR) is 69.3 cm³/mol. The minimum Gasteiger partial charge on any atom is -0.382 e. The highest BCUT2D eigenvalue weighted by Crippen LogP contribution is 2.30. The van der Waals surface area contributed by atoms with E-state index in [1.807, 2.05) is 17.5 Å². The first kappa shape index (κ1) is 10.2. The van der Waals surface area contributed by atoms with E-state index < -0.39 is 0 Å². The quantitative estimate of drug-likeness (QED) is 0.781. The van der Waals surface area contributed by atoms with Gasteiger partial charge in [0.15, 0.2) is 0 Å². The molecule has 0 aliphatic carbocycles. The van der Waals surface area contributed by atoms with E-state index in [4.69, 9.17) is 5.73 Å². The number of amidine groups is 1. The number of nitrogens with zero attached hydrogens (tertiary/aromatic N) is 1. The van der Waals surface area contributed by atoms with E-state index in [9.17, 15) is 4.79 Å². The molecule has 3 rings (SSSR count). The molecule has 0 spiro atoms. The van der Waals surface area contributed by atoms with Gasteiger partial charge in [-0.3, -0.25) is 4.79 Å². The molecule has 1 aliphatic rings. The van der Waals surface area contributed by atoms with Crippen LogP contribution in [0.3, 0.4) is 0 Å². The Kier molecular flexibility index (Phi) is 2.30. The molecule has 0 bridgehead atoms. The summed E-state index contributed by atoms with van der Waals surface area (Å²) in [6.07, 6.45) is 1.63. The summed E-state index contributed by atoms with van der Waals surface area (Å²) in [4.78, 5) is 16.2. The van der Waals surface area contributed by atoms with Crippen LogP contribution in [0.2, 0.25) is 0 Å². The number of carbonyl (C=O) groups excluding carboxylic acids is 1. The molecular formula is C13H10N2OS. The number of hydrogen-bond donors (Lipinski definition) is 1. The molecule has 17 heavy (non-hydrogen) atoms. The van der Waals surface area contributed by atoms with Crippen LogP contribution in [0.25, 0.3) is 0 Å². The first-order valence-electron chi connectivity index (χ1n) is 5.27. The molecule has 2 N–H and O–H groups in total. The van der Waals surface area contributed by atoms with Crippen molar-refractivity contribution in [2.45, 2.75) is 6.42 Å². The zero-order valence-electron chi connectivity index (χ0n) is 9.01. The third kappa shape index (κ3) is 1.66. The van der Waals surface area contributed by atoms with Gasteiger partial charge in [-0.05, 0) is 40.8 Å². The summed E-state index contributed by atoms with van der Waals surface area (Å²) in [7, 11) is 0. The van der Waals surface area contributed by atoms with Gasteiger partial charge in [-0.2, -0.15) is 0 Å². The number of aldehydes is 1. The van der Waals surface area contributed by atoms with Gasteiger partial charge < -0.3 is 5.73 Å². The van der Waals surface area contributed by atoms with Crippen molar-refractivity contribution in [2.24, 2.45) is 10.7 Å². The monoisotopic (exact) mass is 242 g/mol. The number of fused-ring (bicyclic) bond motifs is 2. The highest BCUT2D eigenvalue weighted by Gasteiger charge is 2.15. The fourth-order valence-electron chi connectivity index (χ4n) is 2.01. The summed E-state index contributed by atoms with van der Waals surface area (Å²) in [5, 5.41) is 2.02. The Morgan fingerprint density at radius 1 is 1.29 bits per heavy atom. The third-order valence-corrected chi connectivity index (χ3v) is 3.82. The normalized spacial score (nSPS) is 13.3. The Morgan fingerprint density at radius 3 is 3.00 bits per heavy atom. The molecule has 3 nitrogen and oxygen atoms in total. The SMILES string of the molecule is NC1=Nc2ccc(C=O)cc2Cc2ccsc21. The maximum atomic E-state index is 10.8. The maximum absolute atomic E-state index is 10.8. The topological polar surface area (TPSA) is 55.4 Å². The van der Waals surface area contributed by atoms with Crippen LogP contribution in [0, 0.1) is 0 Å². The number of hydrogen-bond acceptors (Lipinski definition) is 4. The second-order valence-corrected chi connectivity index (χ2v) is 4.87. The number of nitrogens with two attached hydrogens (primary N) is 1. The van der Waals surface area contributed by atoms with Crippen molar-refractivity contribution in [3.63, 3.8) is 0 Å². The Morgan fingerprint density at radius 2 is 2.18 bits per heavy atom. The maximum Gasteiger partial charge on any atom is 0.150 e. The van der Waals surface area contributed by atoms with Gasteiger partial charge in [0.1, 0.15) is 12.1 Å². The molecule has 0 radical (unpaired) electrons. The third-order valence-electron chi connectivity index (χ3n) is 2.84. The highest BCUT2D eigenvalue weighted by atomic mass is 32.1. The van der Waals surface area contributed by atoms with E-state index in [0.29, 0.717) is 11.4 Å². The van der Waals surface area contributed by atoms with E-state index in [-0.39, 0.29) is 0 Å². The zero-order chi connectivity index (χ0) is 11.8. The standard InChI is InChI=1S/C13H10N2OS/c14-13-12-9(3-4-17-12)6-10-5-8(7-16)1-2-11(10)15-13/h1-5,7H,6H2,(H2,14,15). The fourth-order valence-corrected chi connectivity index (χ4v) is 2.84. The number of carbonyl (C=O) groups is 1. The van der Waals surface area contributed by atoms with Crippen molar-refractivity contribution >= 4 is 29.1 Å². The molecule has 84 valence electrons. The summed E-state index contributed by atoms with van der Waals surface area (Å²) in [6, 6.07) is 7.56. The number of rotatable bonds is 1. The fraction of sp³-hybridized carbons (Fsp3) is 0.0769. The highest BCUT2D eigenvalue weighted by molar-refractivity contribution is 7.12. The molecule has 2 heterocycles. The molecule has 1 aromatic heterocycles. The molecule has 2 aromatic rings. The van der Waals surface area contributed by atoms with Gasteiger partial charge in [0.2, 0.25) is 0 Å². The summed E-state index contributed by atoms with van der Waals surface area (Å²) >= 11 is 1.60. The van der Waals surface area contributed by atoms with E-state index in [0.717, 1.165) is 28.8 Å². The largest absolute Gasteiger partial charge is 0.382 e. The average Bonchev–Trinajstić information content (AvgIpc) is 2.75. The predicted octanol–water partition coefficient (Wildman–Crippen LogP) is 2.50. The van der Waals surface area contributed by atoms with Gasteiger partial charge in [-0.25, -0.2) is 4.99 Å². The van der Waals surface area contributed by atoms with E-state index in [2.05, 4.69) is 11.1 Å². The van der Waals surface area contributed by atoms with Crippen LogP contribution in [0.4, 0.5) is 5.69 Å². The molecule has 0 saturated carbocycles. The van der Waals surface area contributed by atoms with Gasteiger partial charge in [0.05, 0.1) is 10.6 Å². The first-order chi connectivity index (χ1) is 8.28. The summed E-state index contributed by atoms with van der Waals surface area (Å²) in [5.41, 5.74) is 9.73. The molecule has 0 atom stereocenters. The molecule has 1 aromatic carbocycles. The minimum atomic E-state index is 0.563. The Balaban J connectivity index is 2.21. The number of aliphatic imine (C=N–C) groups is 1. The molecule has 0 fully saturated rings. The van der Waals surface area contributed by atoms with Crippen molar-refractivity contribution in [3.05, 3.63) is 51.2 Å². The zero-order valence-corrected chi connectivity index (χ0v) is 9.83.